The van der Waals surface area contributed by atoms with Gasteiger partial charge < -0.3 is 15.8 Å². The Kier molecular flexibility index (Phi) is 5.50. The first-order valence-corrected chi connectivity index (χ1v) is 8.86. The van der Waals surface area contributed by atoms with Crippen molar-refractivity contribution in [3.05, 3.63) is 70.7 Å². The maximum absolute atomic E-state index is 11.5. The highest BCUT2D eigenvalue weighted by atomic mass is 32.1. The lowest BCUT2D eigenvalue weighted by Gasteiger charge is -2.06. The number of carbonyl (C=O) groups is 1. The van der Waals surface area contributed by atoms with Gasteiger partial charge in [-0.2, -0.15) is 5.26 Å². The van der Waals surface area contributed by atoms with Gasteiger partial charge in [0.2, 0.25) is 0 Å². The molecule has 0 bridgehead atoms. The van der Waals surface area contributed by atoms with Gasteiger partial charge >= 0.3 is 0 Å². The van der Waals surface area contributed by atoms with E-state index in [9.17, 15) is 10.1 Å². The number of methoxy groups -OCH3 is 1. The van der Waals surface area contributed by atoms with E-state index < -0.39 is 5.91 Å². The minimum atomic E-state index is -0.542. The van der Waals surface area contributed by atoms with Crippen LogP contribution < -0.4 is 15.8 Å². The number of ether oxygens (including phenoxy) is 1. The van der Waals surface area contributed by atoms with E-state index >= 15 is 0 Å². The molecule has 134 valence electrons. The monoisotopic (exact) mass is 376 g/mol. The number of anilines is 1. The molecule has 1 amide bonds. The van der Waals surface area contributed by atoms with Crippen LogP contribution in [0.25, 0.3) is 16.8 Å². The normalized spacial score (nSPS) is 10.9. The zero-order valence-electron chi connectivity index (χ0n) is 14.5. The first-order chi connectivity index (χ1) is 13.1. The summed E-state index contributed by atoms with van der Waals surface area (Å²) in [6.07, 6.45) is 1.52. The highest BCUT2D eigenvalue weighted by Crippen LogP contribution is 2.28. The number of amides is 1. The number of nitrogens with one attached hydrogen (secondary N) is 1. The van der Waals surface area contributed by atoms with Gasteiger partial charge in [-0.05, 0) is 24.3 Å². The van der Waals surface area contributed by atoms with Crippen molar-refractivity contribution in [2.45, 2.75) is 0 Å². The average molecular weight is 376 g/mol. The van der Waals surface area contributed by atoms with E-state index in [0.717, 1.165) is 17.0 Å². The molecule has 0 aliphatic carbocycles. The molecule has 0 saturated carbocycles. The van der Waals surface area contributed by atoms with Gasteiger partial charge in [-0.25, -0.2) is 4.98 Å². The van der Waals surface area contributed by atoms with Crippen LogP contribution in [0.3, 0.4) is 0 Å². The molecule has 1 aromatic heterocycles. The van der Waals surface area contributed by atoms with Crippen LogP contribution >= 0.6 is 11.3 Å². The number of nitrogens with two attached hydrogens (primary N) is 1. The van der Waals surface area contributed by atoms with Gasteiger partial charge in [0, 0.05) is 17.1 Å². The van der Waals surface area contributed by atoms with Crippen molar-refractivity contribution in [1.29, 1.82) is 5.26 Å². The Morgan fingerprint density at radius 3 is 2.85 bits per heavy atom. The summed E-state index contributed by atoms with van der Waals surface area (Å²) in [7, 11) is 1.61. The Bertz CT molecular complexity index is 1050. The molecule has 0 aliphatic heterocycles. The SMILES string of the molecule is COc1cccc(-c2csc(C(C#N)=CNc3ccccc3C(N)=O)n2)c1. The van der Waals surface area contributed by atoms with Gasteiger partial charge in [-0.3, -0.25) is 4.79 Å². The number of benzene rings is 2. The maximum Gasteiger partial charge on any atom is 0.250 e. The smallest absolute Gasteiger partial charge is 0.250 e. The molecule has 0 aliphatic rings. The van der Waals surface area contributed by atoms with Crippen LogP contribution in [-0.4, -0.2) is 18.0 Å². The van der Waals surface area contributed by atoms with E-state index in [1.807, 2.05) is 29.6 Å². The fourth-order valence-corrected chi connectivity index (χ4v) is 3.22. The van der Waals surface area contributed by atoms with Crippen molar-refractivity contribution in [3.8, 4) is 23.1 Å². The summed E-state index contributed by atoms with van der Waals surface area (Å²) < 4.78 is 5.23. The number of carbonyl (C=O) groups excluding carboxylic acids is 1. The van der Waals surface area contributed by atoms with Crippen LogP contribution in [0.1, 0.15) is 15.4 Å². The summed E-state index contributed by atoms with van der Waals surface area (Å²) in [5.41, 5.74) is 8.27. The predicted octanol–water partition coefficient (Wildman–Crippen LogP) is 3.89. The van der Waals surface area contributed by atoms with Crippen molar-refractivity contribution in [2.24, 2.45) is 5.73 Å². The molecule has 0 saturated heterocycles. The third-order valence-electron chi connectivity index (χ3n) is 3.79. The third kappa shape index (κ3) is 4.14. The molecule has 0 fully saturated rings. The number of para-hydroxylation sites is 1. The van der Waals surface area contributed by atoms with Crippen LogP contribution in [0.4, 0.5) is 5.69 Å². The second-order valence-corrected chi connectivity index (χ2v) is 6.35. The number of allylic oxidation sites excluding steroid dienone is 1. The van der Waals surface area contributed by atoms with Gasteiger partial charge in [0.25, 0.3) is 5.91 Å². The molecule has 2 aromatic carbocycles. The zero-order valence-corrected chi connectivity index (χ0v) is 15.3. The van der Waals surface area contributed by atoms with Crippen LogP contribution in [-0.2, 0) is 0 Å². The first-order valence-electron chi connectivity index (χ1n) is 7.98. The summed E-state index contributed by atoms with van der Waals surface area (Å²) in [5, 5.41) is 14.9. The summed E-state index contributed by atoms with van der Waals surface area (Å²) in [4.78, 5) is 16.0. The highest BCUT2D eigenvalue weighted by Gasteiger charge is 2.11. The Labute approximate surface area is 160 Å². The van der Waals surface area contributed by atoms with E-state index in [2.05, 4.69) is 16.4 Å². The van der Waals surface area contributed by atoms with Crippen LogP contribution in [0.2, 0.25) is 0 Å². The predicted molar refractivity (Wildman–Crippen MR) is 106 cm³/mol. The van der Waals surface area contributed by atoms with E-state index in [1.165, 1.54) is 17.5 Å². The lowest BCUT2D eigenvalue weighted by Crippen LogP contribution is -2.13. The van der Waals surface area contributed by atoms with E-state index in [4.69, 9.17) is 10.5 Å². The number of rotatable bonds is 6. The van der Waals surface area contributed by atoms with Crippen LogP contribution in [0.5, 0.6) is 5.75 Å². The molecule has 0 unspecified atom stereocenters. The fraction of sp³-hybridized carbons (Fsp3) is 0.0500. The van der Waals surface area contributed by atoms with Gasteiger partial charge in [-0.1, -0.05) is 24.3 Å². The lowest BCUT2D eigenvalue weighted by molar-refractivity contribution is 0.100. The van der Waals surface area contributed by atoms with E-state index in [1.54, 1.807) is 31.4 Å². The van der Waals surface area contributed by atoms with Gasteiger partial charge in [0.1, 0.15) is 22.4 Å². The molecule has 6 nitrogen and oxygen atoms in total. The Hall–Kier alpha value is -3.63. The standard InChI is InChI=1S/C20H16N4O2S/c1-26-15-6-4-5-13(9-15)18-12-27-20(24-18)14(10-21)11-23-17-8-3-2-7-16(17)19(22)25/h2-9,11-12,23H,1H3,(H2,22,25). The summed E-state index contributed by atoms with van der Waals surface area (Å²) in [5.74, 6) is 0.197. The topological polar surface area (TPSA) is 101 Å². The number of thiazole rings is 1. The molecular weight excluding hydrogens is 360 g/mol. The minimum Gasteiger partial charge on any atom is -0.497 e. The largest absolute Gasteiger partial charge is 0.497 e. The average Bonchev–Trinajstić information content (AvgIpc) is 3.19. The quantitative estimate of drug-likeness (QED) is 0.636. The highest BCUT2D eigenvalue weighted by molar-refractivity contribution is 7.11. The van der Waals surface area contributed by atoms with Crippen LogP contribution in [0.15, 0.2) is 60.1 Å². The van der Waals surface area contributed by atoms with E-state index in [-0.39, 0.29) is 0 Å². The van der Waals surface area contributed by atoms with Gasteiger partial charge in [-0.15, -0.1) is 11.3 Å². The molecule has 3 aromatic rings. The number of hydrogen-bond donors (Lipinski definition) is 2. The van der Waals surface area contributed by atoms with Crippen molar-refractivity contribution in [3.63, 3.8) is 0 Å². The van der Waals surface area contributed by atoms with Gasteiger partial charge in [0.15, 0.2) is 0 Å². The summed E-state index contributed by atoms with van der Waals surface area (Å²) in [6, 6.07) is 16.5. The molecule has 1 heterocycles. The molecule has 0 radical (unpaired) electrons. The lowest BCUT2D eigenvalue weighted by atomic mass is 10.1. The number of nitriles is 1. The maximum atomic E-state index is 11.5. The fourth-order valence-electron chi connectivity index (χ4n) is 2.43. The molecule has 3 N–H and O–H groups in total. The number of hydrogen-bond acceptors (Lipinski definition) is 6. The second-order valence-electron chi connectivity index (χ2n) is 5.49. The Balaban J connectivity index is 1.87. The summed E-state index contributed by atoms with van der Waals surface area (Å²) in [6.45, 7) is 0. The number of aromatic nitrogens is 1. The molecule has 0 atom stereocenters. The second kappa shape index (κ2) is 8.17. The summed E-state index contributed by atoms with van der Waals surface area (Å²) >= 11 is 1.36. The molecule has 0 spiro atoms. The first kappa shape index (κ1) is 18.2. The number of primary amides is 1. The Morgan fingerprint density at radius 1 is 1.30 bits per heavy atom. The van der Waals surface area contributed by atoms with Crippen LogP contribution in [0, 0.1) is 11.3 Å². The van der Waals surface area contributed by atoms with Crippen molar-refractivity contribution in [1.82, 2.24) is 4.98 Å². The zero-order chi connectivity index (χ0) is 19.2. The number of nitrogens with zero attached hydrogens (tertiary/aromatic N) is 2. The molecule has 27 heavy (non-hydrogen) atoms. The van der Waals surface area contributed by atoms with Crippen molar-refractivity contribution >= 4 is 28.5 Å². The van der Waals surface area contributed by atoms with Crippen molar-refractivity contribution < 1.29 is 9.53 Å². The minimum absolute atomic E-state index is 0.349. The van der Waals surface area contributed by atoms with Crippen molar-refractivity contribution in [2.75, 3.05) is 12.4 Å². The Morgan fingerprint density at radius 2 is 2.11 bits per heavy atom. The van der Waals surface area contributed by atoms with Gasteiger partial charge in [0.05, 0.1) is 24.1 Å². The molecule has 3 rings (SSSR count). The van der Waals surface area contributed by atoms with E-state index in [0.29, 0.717) is 21.8 Å². The third-order valence-corrected chi connectivity index (χ3v) is 4.66. The molecular formula is C20H16N4O2S. The molecule has 7 heteroatoms.